The standard InChI is InChI=1S/C16H20N2O/c1-2-12(9-11-7-8-11)18-16(19)14-10-17-15-6-4-3-5-13(14)15/h3-6,10-12,17H,2,7-9H2,1H3,(H,18,19). The number of amides is 1. The van der Waals surface area contributed by atoms with Gasteiger partial charge in [-0.05, 0) is 24.8 Å². The van der Waals surface area contributed by atoms with E-state index >= 15 is 0 Å². The highest BCUT2D eigenvalue weighted by molar-refractivity contribution is 6.06. The summed E-state index contributed by atoms with van der Waals surface area (Å²) in [5.74, 6) is 0.887. The summed E-state index contributed by atoms with van der Waals surface area (Å²) in [5, 5.41) is 4.17. The predicted molar refractivity (Wildman–Crippen MR) is 77.2 cm³/mol. The summed E-state index contributed by atoms with van der Waals surface area (Å²) in [6.45, 7) is 2.14. The molecule has 100 valence electrons. The Hall–Kier alpha value is -1.77. The van der Waals surface area contributed by atoms with E-state index < -0.39 is 0 Å². The minimum atomic E-state index is 0.0463. The molecule has 0 aliphatic heterocycles. The molecule has 3 nitrogen and oxygen atoms in total. The molecule has 0 radical (unpaired) electrons. The number of nitrogens with one attached hydrogen (secondary N) is 2. The van der Waals surface area contributed by atoms with Crippen molar-refractivity contribution in [3.63, 3.8) is 0 Å². The maximum absolute atomic E-state index is 12.4. The van der Waals surface area contributed by atoms with Crippen LogP contribution in [0.15, 0.2) is 30.5 Å². The Balaban J connectivity index is 1.75. The van der Waals surface area contributed by atoms with Crippen molar-refractivity contribution in [1.29, 1.82) is 0 Å². The molecule has 1 heterocycles. The average molecular weight is 256 g/mol. The summed E-state index contributed by atoms with van der Waals surface area (Å²) in [7, 11) is 0. The lowest BCUT2D eigenvalue weighted by Crippen LogP contribution is -2.34. The van der Waals surface area contributed by atoms with Crippen LogP contribution in [0.4, 0.5) is 0 Å². The van der Waals surface area contributed by atoms with Crippen LogP contribution in [-0.2, 0) is 0 Å². The molecule has 19 heavy (non-hydrogen) atoms. The van der Waals surface area contributed by atoms with Gasteiger partial charge in [0.2, 0.25) is 0 Å². The first-order chi connectivity index (χ1) is 9.28. The SMILES string of the molecule is CCC(CC1CC1)NC(=O)c1c[nH]c2ccccc12. The molecule has 1 saturated carbocycles. The number of aromatic nitrogens is 1. The van der Waals surface area contributed by atoms with Gasteiger partial charge in [0, 0.05) is 23.1 Å². The molecule has 1 unspecified atom stereocenters. The molecule has 0 spiro atoms. The molecule has 1 aromatic heterocycles. The maximum atomic E-state index is 12.4. The van der Waals surface area contributed by atoms with Crippen LogP contribution in [0, 0.1) is 5.92 Å². The average Bonchev–Trinajstić information content (AvgIpc) is 3.14. The van der Waals surface area contributed by atoms with Crippen LogP contribution in [0.25, 0.3) is 10.9 Å². The molecule has 3 rings (SSSR count). The summed E-state index contributed by atoms with van der Waals surface area (Å²) in [4.78, 5) is 15.5. The molecule has 0 saturated heterocycles. The van der Waals surface area contributed by atoms with Gasteiger partial charge in [-0.1, -0.05) is 38.0 Å². The number of fused-ring (bicyclic) bond motifs is 1. The third-order valence-corrected chi connectivity index (χ3v) is 3.98. The van der Waals surface area contributed by atoms with Crippen LogP contribution < -0.4 is 5.32 Å². The van der Waals surface area contributed by atoms with E-state index in [0.717, 1.165) is 35.2 Å². The minimum absolute atomic E-state index is 0.0463. The van der Waals surface area contributed by atoms with Gasteiger partial charge in [-0.2, -0.15) is 0 Å². The summed E-state index contributed by atoms with van der Waals surface area (Å²) >= 11 is 0. The largest absolute Gasteiger partial charge is 0.360 e. The molecule has 1 aliphatic carbocycles. The van der Waals surface area contributed by atoms with Crippen LogP contribution in [0.3, 0.4) is 0 Å². The van der Waals surface area contributed by atoms with Crippen molar-refractivity contribution >= 4 is 16.8 Å². The van der Waals surface area contributed by atoms with Gasteiger partial charge in [-0.3, -0.25) is 4.79 Å². The van der Waals surface area contributed by atoms with Crippen LogP contribution >= 0.6 is 0 Å². The van der Waals surface area contributed by atoms with E-state index in [2.05, 4.69) is 17.2 Å². The third-order valence-electron chi connectivity index (χ3n) is 3.98. The van der Waals surface area contributed by atoms with E-state index in [1.165, 1.54) is 12.8 Å². The molecule has 3 heteroatoms. The molecule has 1 fully saturated rings. The van der Waals surface area contributed by atoms with Crippen molar-refractivity contribution in [1.82, 2.24) is 10.3 Å². The van der Waals surface area contributed by atoms with Crippen molar-refractivity contribution in [2.75, 3.05) is 0 Å². The Morgan fingerprint density at radius 1 is 1.42 bits per heavy atom. The summed E-state index contributed by atoms with van der Waals surface area (Å²) in [5.41, 5.74) is 1.77. The topological polar surface area (TPSA) is 44.9 Å². The Labute approximate surface area is 113 Å². The zero-order valence-corrected chi connectivity index (χ0v) is 11.3. The van der Waals surface area contributed by atoms with Crippen molar-refractivity contribution in [3.05, 3.63) is 36.0 Å². The normalized spacial score (nSPS) is 16.5. The number of benzene rings is 1. The molecule has 1 aromatic carbocycles. The Morgan fingerprint density at radius 3 is 2.95 bits per heavy atom. The number of rotatable bonds is 5. The van der Waals surface area contributed by atoms with Crippen LogP contribution in [0.5, 0.6) is 0 Å². The lowest BCUT2D eigenvalue weighted by molar-refractivity contribution is 0.0934. The van der Waals surface area contributed by atoms with Crippen molar-refractivity contribution < 1.29 is 4.79 Å². The van der Waals surface area contributed by atoms with Crippen LogP contribution in [0.2, 0.25) is 0 Å². The second-order valence-corrected chi connectivity index (χ2v) is 5.51. The lowest BCUT2D eigenvalue weighted by atomic mass is 10.1. The number of carbonyl (C=O) groups is 1. The Kier molecular flexibility index (Phi) is 3.28. The summed E-state index contributed by atoms with van der Waals surface area (Å²) in [6, 6.07) is 8.24. The highest BCUT2D eigenvalue weighted by atomic mass is 16.1. The quantitative estimate of drug-likeness (QED) is 0.845. The molecule has 1 aliphatic rings. The molecular formula is C16H20N2O. The van der Waals surface area contributed by atoms with E-state index in [1.54, 1.807) is 0 Å². The van der Waals surface area contributed by atoms with E-state index in [9.17, 15) is 4.79 Å². The number of carbonyl (C=O) groups excluding carboxylic acids is 1. The molecule has 1 atom stereocenters. The number of aromatic amines is 1. The van der Waals surface area contributed by atoms with Crippen molar-refractivity contribution in [2.45, 2.75) is 38.6 Å². The Morgan fingerprint density at radius 2 is 2.21 bits per heavy atom. The zero-order chi connectivity index (χ0) is 13.2. The first kappa shape index (κ1) is 12.3. The van der Waals surface area contributed by atoms with E-state index in [-0.39, 0.29) is 5.91 Å². The highest BCUT2D eigenvalue weighted by Crippen LogP contribution is 2.34. The first-order valence-electron chi connectivity index (χ1n) is 7.15. The van der Waals surface area contributed by atoms with Gasteiger partial charge in [-0.25, -0.2) is 0 Å². The van der Waals surface area contributed by atoms with Crippen LogP contribution in [-0.4, -0.2) is 16.9 Å². The molecular weight excluding hydrogens is 236 g/mol. The van der Waals surface area contributed by atoms with Crippen molar-refractivity contribution in [3.8, 4) is 0 Å². The van der Waals surface area contributed by atoms with Gasteiger partial charge in [0.1, 0.15) is 0 Å². The van der Waals surface area contributed by atoms with Gasteiger partial charge >= 0.3 is 0 Å². The maximum Gasteiger partial charge on any atom is 0.253 e. The van der Waals surface area contributed by atoms with E-state index in [1.807, 2.05) is 30.5 Å². The zero-order valence-electron chi connectivity index (χ0n) is 11.3. The number of hydrogen-bond acceptors (Lipinski definition) is 1. The first-order valence-corrected chi connectivity index (χ1v) is 7.15. The Bertz CT molecular complexity index is 583. The van der Waals surface area contributed by atoms with Crippen LogP contribution in [0.1, 0.15) is 43.0 Å². The van der Waals surface area contributed by atoms with Gasteiger partial charge < -0.3 is 10.3 Å². The van der Waals surface area contributed by atoms with E-state index in [4.69, 9.17) is 0 Å². The smallest absolute Gasteiger partial charge is 0.253 e. The van der Waals surface area contributed by atoms with E-state index in [0.29, 0.717) is 6.04 Å². The predicted octanol–water partition coefficient (Wildman–Crippen LogP) is 3.48. The fourth-order valence-corrected chi connectivity index (χ4v) is 2.61. The molecule has 0 bridgehead atoms. The van der Waals surface area contributed by atoms with Gasteiger partial charge in [0.05, 0.1) is 5.56 Å². The number of para-hydroxylation sites is 1. The lowest BCUT2D eigenvalue weighted by Gasteiger charge is -2.16. The molecule has 1 amide bonds. The second-order valence-electron chi connectivity index (χ2n) is 5.51. The van der Waals surface area contributed by atoms with Crippen molar-refractivity contribution in [2.24, 2.45) is 5.92 Å². The number of hydrogen-bond donors (Lipinski definition) is 2. The fourth-order valence-electron chi connectivity index (χ4n) is 2.61. The fraction of sp³-hybridized carbons (Fsp3) is 0.438. The second kappa shape index (κ2) is 5.08. The molecule has 2 aromatic rings. The summed E-state index contributed by atoms with van der Waals surface area (Å²) in [6.07, 6.45) is 6.61. The van der Waals surface area contributed by atoms with Gasteiger partial charge in [0.25, 0.3) is 5.91 Å². The highest BCUT2D eigenvalue weighted by Gasteiger charge is 2.26. The van der Waals surface area contributed by atoms with Gasteiger partial charge in [-0.15, -0.1) is 0 Å². The third kappa shape index (κ3) is 2.65. The minimum Gasteiger partial charge on any atom is -0.360 e. The number of H-pyrrole nitrogens is 1. The van der Waals surface area contributed by atoms with Gasteiger partial charge in [0.15, 0.2) is 0 Å². The molecule has 2 N–H and O–H groups in total. The summed E-state index contributed by atoms with van der Waals surface area (Å²) < 4.78 is 0. The monoisotopic (exact) mass is 256 g/mol.